The minimum Gasteiger partial charge on any atom is -0.387 e. The molecule has 1 aromatic rings. The molecule has 96 valence electrons. The Morgan fingerprint density at radius 3 is 3.06 bits per heavy atom. The normalized spacial score (nSPS) is 29.5. The Morgan fingerprint density at radius 2 is 2.41 bits per heavy atom. The predicted octanol–water partition coefficient (Wildman–Crippen LogP) is 1.67. The number of aryl methyl sites for hydroxylation is 2. The molecule has 4 heteroatoms. The maximum atomic E-state index is 10.7. The molecule has 1 aliphatic rings. The highest BCUT2D eigenvalue weighted by molar-refractivity contribution is 4.97. The van der Waals surface area contributed by atoms with Crippen LogP contribution in [0.25, 0.3) is 0 Å². The zero-order chi connectivity index (χ0) is 12.3. The van der Waals surface area contributed by atoms with E-state index in [1.54, 1.807) is 13.3 Å². The van der Waals surface area contributed by atoms with Crippen molar-refractivity contribution in [3.63, 3.8) is 0 Å². The van der Waals surface area contributed by atoms with Crippen LogP contribution in [-0.4, -0.2) is 33.5 Å². The number of methoxy groups -OCH3 is 1. The molecule has 1 fully saturated rings. The molecule has 0 amide bonds. The van der Waals surface area contributed by atoms with Gasteiger partial charge in [-0.2, -0.15) is 0 Å². The molecule has 1 N–H and O–H groups in total. The maximum absolute atomic E-state index is 10.7. The average molecular weight is 238 g/mol. The second kappa shape index (κ2) is 5.19. The monoisotopic (exact) mass is 238 g/mol. The van der Waals surface area contributed by atoms with E-state index in [0.717, 1.165) is 44.3 Å². The lowest BCUT2D eigenvalue weighted by atomic mass is 9.79. The van der Waals surface area contributed by atoms with Crippen LogP contribution in [0.5, 0.6) is 0 Å². The molecule has 0 aliphatic heterocycles. The van der Waals surface area contributed by atoms with Crippen molar-refractivity contribution in [2.24, 2.45) is 7.05 Å². The maximum Gasteiger partial charge on any atom is 0.108 e. The number of hydrogen-bond acceptors (Lipinski definition) is 3. The summed E-state index contributed by atoms with van der Waals surface area (Å²) in [4.78, 5) is 4.29. The zero-order valence-corrected chi connectivity index (χ0v) is 10.7. The Bertz CT molecular complexity index is 364. The van der Waals surface area contributed by atoms with Gasteiger partial charge < -0.3 is 14.4 Å². The highest BCUT2D eigenvalue weighted by Gasteiger charge is 2.38. The van der Waals surface area contributed by atoms with Gasteiger partial charge in [-0.25, -0.2) is 4.98 Å². The molecule has 1 heterocycles. The van der Waals surface area contributed by atoms with Gasteiger partial charge >= 0.3 is 0 Å². The van der Waals surface area contributed by atoms with Gasteiger partial charge in [0.15, 0.2) is 0 Å². The summed E-state index contributed by atoms with van der Waals surface area (Å²) in [7, 11) is 3.68. The van der Waals surface area contributed by atoms with E-state index in [-0.39, 0.29) is 6.10 Å². The lowest BCUT2D eigenvalue weighted by molar-refractivity contribution is -0.120. The lowest BCUT2D eigenvalue weighted by Crippen LogP contribution is -2.46. The second-order valence-electron chi connectivity index (χ2n) is 5.03. The van der Waals surface area contributed by atoms with Gasteiger partial charge in [0.2, 0.25) is 0 Å². The van der Waals surface area contributed by atoms with Crippen LogP contribution in [0.2, 0.25) is 0 Å². The molecule has 0 aromatic carbocycles. The molecular weight excluding hydrogens is 216 g/mol. The van der Waals surface area contributed by atoms with Crippen LogP contribution in [0.3, 0.4) is 0 Å². The van der Waals surface area contributed by atoms with Gasteiger partial charge in [-0.05, 0) is 19.3 Å². The van der Waals surface area contributed by atoms with E-state index in [9.17, 15) is 5.11 Å². The third kappa shape index (κ3) is 2.69. The van der Waals surface area contributed by atoms with Crippen LogP contribution < -0.4 is 0 Å². The molecule has 2 atom stereocenters. The Morgan fingerprint density at radius 1 is 1.59 bits per heavy atom. The Kier molecular flexibility index (Phi) is 3.84. The van der Waals surface area contributed by atoms with E-state index in [2.05, 4.69) is 4.98 Å². The first kappa shape index (κ1) is 12.6. The standard InChI is InChI=1S/C13H22N2O2/c1-15-10-9-14-12(15)6-8-13(16)7-4-3-5-11(13)17-2/h9-11,16H,3-8H2,1-2H3. The minimum atomic E-state index is -0.668. The zero-order valence-electron chi connectivity index (χ0n) is 10.7. The van der Waals surface area contributed by atoms with Crippen molar-refractivity contribution in [2.75, 3.05) is 7.11 Å². The Balaban J connectivity index is 1.98. The Labute approximate surface area is 103 Å². The number of aromatic nitrogens is 2. The lowest BCUT2D eigenvalue weighted by Gasteiger charge is -2.39. The topological polar surface area (TPSA) is 47.3 Å². The van der Waals surface area contributed by atoms with E-state index in [1.807, 2.05) is 17.8 Å². The highest BCUT2D eigenvalue weighted by atomic mass is 16.5. The van der Waals surface area contributed by atoms with Crippen LogP contribution in [0.1, 0.15) is 37.9 Å². The molecule has 0 spiro atoms. The quantitative estimate of drug-likeness (QED) is 0.868. The molecule has 17 heavy (non-hydrogen) atoms. The summed E-state index contributed by atoms with van der Waals surface area (Å²) in [6, 6.07) is 0. The number of aliphatic hydroxyl groups is 1. The summed E-state index contributed by atoms with van der Waals surface area (Å²) < 4.78 is 7.44. The summed E-state index contributed by atoms with van der Waals surface area (Å²) in [5.41, 5.74) is -0.668. The molecule has 1 aromatic heterocycles. The van der Waals surface area contributed by atoms with Crippen molar-refractivity contribution >= 4 is 0 Å². The number of ether oxygens (including phenoxy) is 1. The summed E-state index contributed by atoms with van der Waals surface area (Å²) in [5, 5.41) is 10.7. The molecule has 1 saturated carbocycles. The van der Waals surface area contributed by atoms with E-state index in [0.29, 0.717) is 0 Å². The van der Waals surface area contributed by atoms with Crippen LogP contribution in [0, 0.1) is 0 Å². The van der Waals surface area contributed by atoms with Crippen LogP contribution in [0.4, 0.5) is 0 Å². The summed E-state index contributed by atoms with van der Waals surface area (Å²) in [6.07, 6.45) is 9.32. The van der Waals surface area contributed by atoms with Crippen LogP contribution in [-0.2, 0) is 18.2 Å². The first-order chi connectivity index (χ1) is 8.15. The third-order valence-corrected chi connectivity index (χ3v) is 3.91. The fraction of sp³-hybridized carbons (Fsp3) is 0.769. The van der Waals surface area contributed by atoms with Crippen molar-refractivity contribution in [2.45, 2.75) is 50.2 Å². The fourth-order valence-corrected chi connectivity index (χ4v) is 2.78. The molecular formula is C13H22N2O2. The first-order valence-electron chi connectivity index (χ1n) is 6.37. The summed E-state index contributed by atoms with van der Waals surface area (Å²) in [6.45, 7) is 0. The van der Waals surface area contributed by atoms with Crippen LogP contribution in [0.15, 0.2) is 12.4 Å². The van der Waals surface area contributed by atoms with E-state index < -0.39 is 5.60 Å². The van der Waals surface area contributed by atoms with E-state index in [4.69, 9.17) is 4.74 Å². The van der Waals surface area contributed by atoms with Crippen molar-refractivity contribution in [1.82, 2.24) is 9.55 Å². The van der Waals surface area contributed by atoms with Crippen molar-refractivity contribution < 1.29 is 9.84 Å². The first-order valence-corrected chi connectivity index (χ1v) is 6.37. The van der Waals surface area contributed by atoms with Gasteiger partial charge in [-0.3, -0.25) is 0 Å². The molecule has 2 rings (SSSR count). The summed E-state index contributed by atoms with van der Waals surface area (Å²) >= 11 is 0. The summed E-state index contributed by atoms with van der Waals surface area (Å²) in [5.74, 6) is 1.03. The SMILES string of the molecule is COC1CCCCC1(O)CCc1nccn1C. The van der Waals surface area contributed by atoms with E-state index in [1.165, 1.54) is 0 Å². The average Bonchev–Trinajstić information content (AvgIpc) is 2.73. The number of nitrogens with zero attached hydrogens (tertiary/aromatic N) is 2. The molecule has 0 saturated heterocycles. The van der Waals surface area contributed by atoms with E-state index >= 15 is 0 Å². The van der Waals surface area contributed by atoms with Gasteiger partial charge in [0.25, 0.3) is 0 Å². The molecule has 1 aliphatic carbocycles. The van der Waals surface area contributed by atoms with Crippen molar-refractivity contribution in [3.8, 4) is 0 Å². The van der Waals surface area contributed by atoms with Crippen molar-refractivity contribution in [3.05, 3.63) is 18.2 Å². The van der Waals surface area contributed by atoms with Gasteiger partial charge in [0.05, 0.1) is 11.7 Å². The second-order valence-corrected chi connectivity index (χ2v) is 5.03. The van der Waals surface area contributed by atoms with Gasteiger partial charge in [-0.15, -0.1) is 0 Å². The minimum absolute atomic E-state index is 0.0171. The smallest absolute Gasteiger partial charge is 0.108 e. The molecule has 0 radical (unpaired) electrons. The van der Waals surface area contributed by atoms with Gasteiger partial charge in [0.1, 0.15) is 5.82 Å². The number of hydrogen-bond donors (Lipinski definition) is 1. The predicted molar refractivity (Wildman–Crippen MR) is 65.7 cm³/mol. The third-order valence-electron chi connectivity index (χ3n) is 3.91. The molecule has 2 unspecified atom stereocenters. The molecule has 0 bridgehead atoms. The van der Waals surface area contributed by atoms with Gasteiger partial charge in [0, 0.05) is 33.0 Å². The highest BCUT2D eigenvalue weighted by Crippen LogP contribution is 2.33. The Hall–Kier alpha value is -0.870. The largest absolute Gasteiger partial charge is 0.387 e. The van der Waals surface area contributed by atoms with Gasteiger partial charge in [-0.1, -0.05) is 12.8 Å². The number of rotatable bonds is 4. The van der Waals surface area contributed by atoms with Crippen molar-refractivity contribution in [1.29, 1.82) is 0 Å². The molecule has 4 nitrogen and oxygen atoms in total. The number of imidazole rings is 1. The fourth-order valence-electron chi connectivity index (χ4n) is 2.78. The van der Waals surface area contributed by atoms with Crippen LogP contribution >= 0.6 is 0 Å².